The van der Waals surface area contributed by atoms with E-state index in [1.54, 1.807) is 6.20 Å². The molecule has 40 heavy (non-hydrogen) atoms. The van der Waals surface area contributed by atoms with Gasteiger partial charge in [0, 0.05) is 12.1 Å². The molecule has 198 valence electrons. The maximum Gasteiger partial charge on any atom is 0.288 e. The summed E-state index contributed by atoms with van der Waals surface area (Å²) in [5.74, 6) is -3.98. The lowest BCUT2D eigenvalue weighted by Crippen LogP contribution is -2.38. The summed E-state index contributed by atoms with van der Waals surface area (Å²) in [6.07, 6.45) is 2.46. The zero-order valence-corrected chi connectivity index (χ0v) is 21.7. The predicted octanol–water partition coefficient (Wildman–Crippen LogP) is 5.73. The Balaban J connectivity index is 1.78. The zero-order valence-electron chi connectivity index (χ0n) is 21.7. The van der Waals surface area contributed by atoms with E-state index in [-0.39, 0.29) is 11.6 Å². The van der Waals surface area contributed by atoms with E-state index in [0.29, 0.717) is 0 Å². The third-order valence-electron chi connectivity index (χ3n) is 6.78. The molecule has 0 aliphatic carbocycles. The van der Waals surface area contributed by atoms with Gasteiger partial charge in [-0.3, -0.25) is 9.78 Å². The maximum absolute atomic E-state index is 12.7. The smallest absolute Gasteiger partial charge is 0.288 e. The first-order chi connectivity index (χ1) is 19.6. The largest absolute Gasteiger partial charge is 0.365 e. The normalized spacial score (nSPS) is 12.9. The fourth-order valence-corrected chi connectivity index (χ4v) is 5.12. The molecule has 0 spiro atoms. The molecule has 1 amide bonds. The van der Waals surface area contributed by atoms with Crippen molar-refractivity contribution in [1.29, 1.82) is 0 Å². The summed E-state index contributed by atoms with van der Waals surface area (Å²) in [6.45, 7) is 0. The number of pyridine rings is 1. The number of benzene rings is 4. The molecule has 6 nitrogen and oxygen atoms in total. The van der Waals surface area contributed by atoms with Gasteiger partial charge in [-0.2, -0.15) is 0 Å². The number of hydrogen-bond acceptors (Lipinski definition) is 5. The number of hydrogen-bond donors (Lipinski definition) is 2. The number of aromatic nitrogens is 1. The van der Waals surface area contributed by atoms with Gasteiger partial charge in [0.25, 0.3) is 11.7 Å². The van der Waals surface area contributed by atoms with Crippen LogP contribution in [0.3, 0.4) is 0 Å². The number of carbonyl (C=O) groups is 1. The minimum Gasteiger partial charge on any atom is -0.365 e. The second-order valence-electron chi connectivity index (χ2n) is 9.37. The Hall–Kier alpha value is -5.07. The van der Waals surface area contributed by atoms with Gasteiger partial charge in [-0.1, -0.05) is 133 Å². The summed E-state index contributed by atoms with van der Waals surface area (Å²) in [5, 5.41) is 16.6. The van der Waals surface area contributed by atoms with E-state index >= 15 is 0 Å². The lowest BCUT2D eigenvalue weighted by atomic mass is 9.77. The second-order valence-corrected chi connectivity index (χ2v) is 9.37. The van der Waals surface area contributed by atoms with Crippen LogP contribution in [-0.2, 0) is 15.4 Å². The Morgan fingerprint density at radius 1 is 0.725 bits per heavy atom. The van der Waals surface area contributed by atoms with Crippen LogP contribution in [0.4, 0.5) is 0 Å². The van der Waals surface area contributed by atoms with Crippen LogP contribution in [0.1, 0.15) is 45.3 Å². The fraction of sp³-hybridized carbons (Fsp3) is 0.0882. The molecule has 0 aliphatic rings. The topological polar surface area (TPSA) is 97.8 Å². The summed E-state index contributed by atoms with van der Waals surface area (Å²) in [4.78, 5) is 22.2. The Morgan fingerprint density at radius 2 is 1.18 bits per heavy atom. The predicted molar refractivity (Wildman–Crippen MR) is 155 cm³/mol. The first kappa shape index (κ1) is 26.5. The SMILES string of the molecule is NC(=O)/C=N\OC(O)(c1ncccc1C(c1ccccc1)c1ccccc1)C(c1ccccc1)c1ccccc1. The van der Waals surface area contributed by atoms with Crippen LogP contribution in [0.15, 0.2) is 145 Å². The highest BCUT2D eigenvalue weighted by Gasteiger charge is 2.47. The van der Waals surface area contributed by atoms with Crippen LogP contribution in [0, 0.1) is 0 Å². The zero-order chi connectivity index (χ0) is 27.8. The molecule has 3 N–H and O–H groups in total. The number of carbonyl (C=O) groups excluding carboxylic acids is 1. The Morgan fingerprint density at radius 3 is 1.62 bits per heavy atom. The number of amides is 1. The van der Waals surface area contributed by atoms with Gasteiger partial charge >= 0.3 is 0 Å². The summed E-state index contributed by atoms with van der Waals surface area (Å²) < 4.78 is 0. The van der Waals surface area contributed by atoms with Gasteiger partial charge in [-0.05, 0) is 33.9 Å². The van der Waals surface area contributed by atoms with E-state index in [4.69, 9.17) is 15.6 Å². The fourth-order valence-electron chi connectivity index (χ4n) is 5.12. The van der Waals surface area contributed by atoms with Crippen molar-refractivity contribution < 1.29 is 14.7 Å². The minimum atomic E-state index is -2.13. The highest BCUT2D eigenvalue weighted by atomic mass is 16.7. The van der Waals surface area contributed by atoms with E-state index in [1.807, 2.05) is 133 Å². The summed E-state index contributed by atoms with van der Waals surface area (Å²) >= 11 is 0. The van der Waals surface area contributed by atoms with E-state index in [0.717, 1.165) is 34.0 Å². The summed E-state index contributed by atoms with van der Waals surface area (Å²) in [6, 6.07) is 42.9. The monoisotopic (exact) mass is 527 g/mol. The minimum absolute atomic E-state index is 0.270. The van der Waals surface area contributed by atoms with Gasteiger partial charge in [0.1, 0.15) is 11.9 Å². The molecule has 6 heteroatoms. The van der Waals surface area contributed by atoms with Crippen molar-refractivity contribution in [2.45, 2.75) is 17.6 Å². The van der Waals surface area contributed by atoms with Crippen LogP contribution in [0.5, 0.6) is 0 Å². The summed E-state index contributed by atoms with van der Waals surface area (Å²) in [7, 11) is 0. The molecular weight excluding hydrogens is 498 g/mol. The molecule has 0 radical (unpaired) electrons. The van der Waals surface area contributed by atoms with E-state index in [2.05, 4.69) is 5.16 Å². The van der Waals surface area contributed by atoms with Crippen molar-refractivity contribution in [3.8, 4) is 0 Å². The van der Waals surface area contributed by atoms with Gasteiger partial charge < -0.3 is 15.7 Å². The van der Waals surface area contributed by atoms with Gasteiger partial charge in [0.2, 0.25) is 0 Å². The average molecular weight is 528 g/mol. The van der Waals surface area contributed by atoms with E-state index < -0.39 is 17.6 Å². The van der Waals surface area contributed by atoms with Gasteiger partial charge in [0.15, 0.2) is 0 Å². The molecule has 1 unspecified atom stereocenters. The highest BCUT2D eigenvalue weighted by molar-refractivity contribution is 6.25. The first-order valence-electron chi connectivity index (χ1n) is 13.0. The lowest BCUT2D eigenvalue weighted by Gasteiger charge is -2.36. The van der Waals surface area contributed by atoms with Crippen LogP contribution >= 0.6 is 0 Å². The molecule has 5 rings (SSSR count). The Bertz CT molecular complexity index is 1480. The van der Waals surface area contributed by atoms with Gasteiger partial charge in [-0.25, -0.2) is 0 Å². The van der Waals surface area contributed by atoms with Crippen molar-refractivity contribution in [2.24, 2.45) is 10.9 Å². The lowest BCUT2D eigenvalue weighted by molar-refractivity contribution is -0.225. The van der Waals surface area contributed by atoms with Crippen LogP contribution < -0.4 is 5.73 Å². The highest BCUT2D eigenvalue weighted by Crippen LogP contribution is 2.46. The molecule has 0 saturated heterocycles. The number of nitrogens with two attached hydrogens (primary N) is 1. The van der Waals surface area contributed by atoms with E-state index in [1.165, 1.54) is 0 Å². The second kappa shape index (κ2) is 12.2. The third kappa shape index (κ3) is 5.67. The number of oxime groups is 1. The van der Waals surface area contributed by atoms with Crippen LogP contribution in [-0.4, -0.2) is 22.2 Å². The van der Waals surface area contributed by atoms with Crippen molar-refractivity contribution in [1.82, 2.24) is 4.98 Å². The molecule has 4 aromatic carbocycles. The van der Waals surface area contributed by atoms with Crippen molar-refractivity contribution in [2.75, 3.05) is 0 Å². The Kier molecular flexibility index (Phi) is 8.09. The van der Waals surface area contributed by atoms with Crippen molar-refractivity contribution >= 4 is 12.1 Å². The molecule has 0 saturated carbocycles. The van der Waals surface area contributed by atoms with Crippen molar-refractivity contribution in [3.05, 3.63) is 173 Å². The standard InChI is InChI=1S/C34H29N3O3/c35-30(38)24-37-40-34(39,32(27-18-9-3-10-19-27)28-20-11-4-12-21-28)33-29(22-13-23-36-33)31(25-14-5-1-6-15-25)26-16-7-2-8-17-26/h1-24,31-32,39H,(H2,35,38)/b37-24-. The third-order valence-corrected chi connectivity index (χ3v) is 6.78. The van der Waals surface area contributed by atoms with Crippen LogP contribution in [0.2, 0.25) is 0 Å². The molecule has 0 fully saturated rings. The van der Waals surface area contributed by atoms with Gasteiger partial charge in [0.05, 0.1) is 5.92 Å². The van der Waals surface area contributed by atoms with Crippen LogP contribution in [0.25, 0.3) is 0 Å². The maximum atomic E-state index is 12.7. The molecule has 0 aliphatic heterocycles. The molecular formula is C34H29N3O3. The number of primary amides is 1. The van der Waals surface area contributed by atoms with E-state index in [9.17, 15) is 9.90 Å². The molecule has 1 aromatic heterocycles. The molecule has 1 atom stereocenters. The molecule has 1 heterocycles. The average Bonchev–Trinajstić information content (AvgIpc) is 3.00. The quantitative estimate of drug-likeness (QED) is 0.138. The Labute approximate surface area is 233 Å². The molecule has 0 bridgehead atoms. The number of aliphatic hydroxyl groups is 1. The number of nitrogens with zero attached hydrogens (tertiary/aromatic N) is 2. The number of rotatable bonds is 10. The summed E-state index contributed by atoms with van der Waals surface area (Å²) in [5.41, 5.74) is 9.91. The van der Waals surface area contributed by atoms with Crippen molar-refractivity contribution in [3.63, 3.8) is 0 Å². The first-order valence-corrected chi connectivity index (χ1v) is 13.0. The molecule has 5 aromatic rings. The van der Waals surface area contributed by atoms with Gasteiger partial charge in [-0.15, -0.1) is 0 Å².